The average molecular weight is 206 g/mol. The SMILES string of the molecule is CCN(Cc1cnn(C)c1)CC(C)C#N. The fraction of sp³-hybridized carbons (Fsp3) is 0.636. The molecule has 1 unspecified atom stereocenters. The maximum absolute atomic E-state index is 8.76. The highest BCUT2D eigenvalue weighted by Gasteiger charge is 2.09. The molecule has 0 bridgehead atoms. The van der Waals surface area contributed by atoms with Crippen LogP contribution in [0.15, 0.2) is 12.4 Å². The van der Waals surface area contributed by atoms with E-state index >= 15 is 0 Å². The highest BCUT2D eigenvalue weighted by Crippen LogP contribution is 2.05. The van der Waals surface area contributed by atoms with Gasteiger partial charge in [0.25, 0.3) is 0 Å². The van der Waals surface area contributed by atoms with Gasteiger partial charge in [0.15, 0.2) is 0 Å². The number of nitriles is 1. The number of aryl methyl sites for hydroxylation is 1. The second-order valence-electron chi connectivity index (χ2n) is 3.88. The summed E-state index contributed by atoms with van der Waals surface area (Å²) in [6.45, 7) is 6.71. The topological polar surface area (TPSA) is 44.9 Å². The smallest absolute Gasteiger partial charge is 0.0666 e. The molecule has 1 aromatic heterocycles. The van der Waals surface area contributed by atoms with Crippen molar-refractivity contribution in [2.45, 2.75) is 20.4 Å². The molecule has 0 aliphatic carbocycles. The lowest BCUT2D eigenvalue weighted by molar-refractivity contribution is 0.260. The second-order valence-corrected chi connectivity index (χ2v) is 3.88. The standard InChI is InChI=1S/C11H18N4/c1-4-15(7-10(2)5-12)9-11-6-13-14(3)8-11/h6,8,10H,4,7,9H2,1-3H3. The lowest BCUT2D eigenvalue weighted by Gasteiger charge is -2.20. The molecule has 1 rings (SSSR count). The van der Waals surface area contributed by atoms with Crippen LogP contribution in [0.1, 0.15) is 19.4 Å². The number of aromatic nitrogens is 2. The lowest BCUT2D eigenvalue weighted by Crippen LogP contribution is -2.27. The Morgan fingerprint density at radius 2 is 2.40 bits per heavy atom. The van der Waals surface area contributed by atoms with Gasteiger partial charge in [-0.25, -0.2) is 0 Å². The third-order valence-corrected chi connectivity index (χ3v) is 2.36. The highest BCUT2D eigenvalue weighted by atomic mass is 15.2. The van der Waals surface area contributed by atoms with Gasteiger partial charge in [0.1, 0.15) is 0 Å². The van der Waals surface area contributed by atoms with E-state index in [0.717, 1.165) is 19.6 Å². The van der Waals surface area contributed by atoms with Gasteiger partial charge in [-0.2, -0.15) is 10.4 Å². The van der Waals surface area contributed by atoms with Crippen LogP contribution in [-0.2, 0) is 13.6 Å². The first-order valence-electron chi connectivity index (χ1n) is 5.25. The molecule has 0 aliphatic heterocycles. The average Bonchev–Trinajstić information content (AvgIpc) is 2.62. The van der Waals surface area contributed by atoms with Crippen LogP contribution in [0.2, 0.25) is 0 Å². The minimum Gasteiger partial charge on any atom is -0.298 e. The molecular formula is C11H18N4. The Hall–Kier alpha value is -1.34. The molecule has 1 atom stereocenters. The summed E-state index contributed by atoms with van der Waals surface area (Å²) in [5.74, 6) is 0.0848. The molecule has 0 radical (unpaired) electrons. The Morgan fingerprint density at radius 3 is 2.87 bits per heavy atom. The van der Waals surface area contributed by atoms with E-state index in [2.05, 4.69) is 23.0 Å². The van der Waals surface area contributed by atoms with E-state index in [9.17, 15) is 0 Å². The molecule has 1 aromatic rings. The first-order chi connectivity index (χ1) is 7.15. The molecule has 4 heteroatoms. The minimum atomic E-state index is 0.0848. The van der Waals surface area contributed by atoms with E-state index in [-0.39, 0.29) is 5.92 Å². The minimum absolute atomic E-state index is 0.0848. The second kappa shape index (κ2) is 5.52. The molecule has 1 heterocycles. The summed E-state index contributed by atoms with van der Waals surface area (Å²) in [5, 5.41) is 12.9. The van der Waals surface area contributed by atoms with Crippen molar-refractivity contribution < 1.29 is 0 Å². The van der Waals surface area contributed by atoms with Crippen LogP contribution in [0.5, 0.6) is 0 Å². The van der Waals surface area contributed by atoms with E-state index in [1.807, 2.05) is 26.4 Å². The van der Waals surface area contributed by atoms with Crippen LogP contribution < -0.4 is 0 Å². The van der Waals surface area contributed by atoms with Crippen molar-refractivity contribution in [3.8, 4) is 6.07 Å². The zero-order chi connectivity index (χ0) is 11.3. The van der Waals surface area contributed by atoms with Gasteiger partial charge < -0.3 is 0 Å². The van der Waals surface area contributed by atoms with Crippen LogP contribution in [0.25, 0.3) is 0 Å². The molecule has 15 heavy (non-hydrogen) atoms. The summed E-state index contributed by atoms with van der Waals surface area (Å²) < 4.78 is 1.80. The third-order valence-electron chi connectivity index (χ3n) is 2.36. The maximum atomic E-state index is 8.76. The van der Waals surface area contributed by atoms with Crippen molar-refractivity contribution in [3.05, 3.63) is 18.0 Å². The van der Waals surface area contributed by atoms with Gasteiger partial charge in [0, 0.05) is 31.9 Å². The molecule has 0 spiro atoms. The van der Waals surface area contributed by atoms with Crippen LogP contribution in [0, 0.1) is 17.2 Å². The molecule has 0 N–H and O–H groups in total. The van der Waals surface area contributed by atoms with Gasteiger partial charge in [0.2, 0.25) is 0 Å². The molecule has 82 valence electrons. The molecule has 0 saturated heterocycles. The first kappa shape index (κ1) is 11.7. The first-order valence-corrected chi connectivity index (χ1v) is 5.25. The third kappa shape index (κ3) is 3.72. The van der Waals surface area contributed by atoms with Crippen molar-refractivity contribution in [1.82, 2.24) is 14.7 Å². The Labute approximate surface area is 91.1 Å². The summed E-state index contributed by atoms with van der Waals surface area (Å²) in [6.07, 6.45) is 3.89. The summed E-state index contributed by atoms with van der Waals surface area (Å²) in [6, 6.07) is 2.26. The van der Waals surface area contributed by atoms with Crippen LogP contribution in [0.3, 0.4) is 0 Å². The number of hydrogen-bond donors (Lipinski definition) is 0. The van der Waals surface area contributed by atoms with Gasteiger partial charge in [-0.1, -0.05) is 6.92 Å². The Balaban J connectivity index is 2.51. The van der Waals surface area contributed by atoms with E-state index < -0.39 is 0 Å². The van der Waals surface area contributed by atoms with Crippen LogP contribution in [-0.4, -0.2) is 27.8 Å². The summed E-state index contributed by atoms with van der Waals surface area (Å²) >= 11 is 0. The number of nitrogens with zero attached hydrogens (tertiary/aromatic N) is 4. The molecule has 0 aliphatic rings. The Bertz CT molecular complexity index is 337. The summed E-state index contributed by atoms with van der Waals surface area (Å²) in [5.41, 5.74) is 1.20. The van der Waals surface area contributed by atoms with Crippen molar-refractivity contribution in [1.29, 1.82) is 5.26 Å². The summed E-state index contributed by atoms with van der Waals surface area (Å²) in [4.78, 5) is 2.25. The zero-order valence-electron chi connectivity index (χ0n) is 9.64. The molecule has 0 saturated carbocycles. The molecular weight excluding hydrogens is 188 g/mol. The predicted molar refractivity (Wildman–Crippen MR) is 58.9 cm³/mol. The van der Waals surface area contributed by atoms with E-state index in [4.69, 9.17) is 5.26 Å². The van der Waals surface area contributed by atoms with Gasteiger partial charge in [0.05, 0.1) is 18.2 Å². The Kier molecular flexibility index (Phi) is 4.32. The Morgan fingerprint density at radius 1 is 1.67 bits per heavy atom. The number of hydrogen-bond acceptors (Lipinski definition) is 3. The van der Waals surface area contributed by atoms with Crippen molar-refractivity contribution in [2.75, 3.05) is 13.1 Å². The maximum Gasteiger partial charge on any atom is 0.0666 e. The van der Waals surface area contributed by atoms with Crippen molar-refractivity contribution >= 4 is 0 Å². The van der Waals surface area contributed by atoms with Gasteiger partial charge in [-0.3, -0.25) is 9.58 Å². The summed E-state index contributed by atoms with van der Waals surface area (Å²) in [7, 11) is 1.91. The molecule has 4 nitrogen and oxygen atoms in total. The molecule has 0 fully saturated rings. The highest BCUT2D eigenvalue weighted by molar-refractivity contribution is 5.03. The van der Waals surface area contributed by atoms with Crippen LogP contribution in [0.4, 0.5) is 0 Å². The van der Waals surface area contributed by atoms with E-state index in [1.165, 1.54) is 5.56 Å². The quantitative estimate of drug-likeness (QED) is 0.731. The van der Waals surface area contributed by atoms with Gasteiger partial charge >= 0.3 is 0 Å². The normalized spacial score (nSPS) is 12.7. The largest absolute Gasteiger partial charge is 0.298 e. The van der Waals surface area contributed by atoms with Gasteiger partial charge in [-0.15, -0.1) is 0 Å². The monoisotopic (exact) mass is 206 g/mol. The molecule has 0 amide bonds. The lowest BCUT2D eigenvalue weighted by atomic mass is 10.2. The molecule has 0 aromatic carbocycles. The number of rotatable bonds is 5. The predicted octanol–water partition coefficient (Wildman–Crippen LogP) is 1.40. The van der Waals surface area contributed by atoms with E-state index in [1.54, 1.807) is 4.68 Å². The van der Waals surface area contributed by atoms with Crippen LogP contribution >= 0.6 is 0 Å². The van der Waals surface area contributed by atoms with Crippen molar-refractivity contribution in [2.24, 2.45) is 13.0 Å². The zero-order valence-corrected chi connectivity index (χ0v) is 9.64. The fourth-order valence-electron chi connectivity index (χ4n) is 1.55. The van der Waals surface area contributed by atoms with E-state index in [0.29, 0.717) is 0 Å². The van der Waals surface area contributed by atoms with Crippen molar-refractivity contribution in [3.63, 3.8) is 0 Å². The van der Waals surface area contributed by atoms with Gasteiger partial charge in [-0.05, 0) is 13.5 Å². The fourth-order valence-corrected chi connectivity index (χ4v) is 1.55.